The molecule has 0 fully saturated rings. The first-order valence-electron chi connectivity index (χ1n) is 8.39. The lowest BCUT2D eigenvalue weighted by atomic mass is 10.2. The van der Waals surface area contributed by atoms with Crippen molar-refractivity contribution < 1.29 is 14.6 Å². The summed E-state index contributed by atoms with van der Waals surface area (Å²) in [6, 6.07) is 17.7. The predicted molar refractivity (Wildman–Crippen MR) is 102 cm³/mol. The number of anilines is 1. The third kappa shape index (κ3) is 3.80. The number of ether oxygens (including phenoxy) is 1. The molecule has 0 aliphatic rings. The molecule has 0 spiro atoms. The van der Waals surface area contributed by atoms with E-state index in [1.165, 1.54) is 10.9 Å². The van der Waals surface area contributed by atoms with Crippen LogP contribution in [0, 0.1) is 0 Å². The van der Waals surface area contributed by atoms with Gasteiger partial charge < -0.3 is 15.2 Å². The summed E-state index contributed by atoms with van der Waals surface area (Å²) in [6.45, 7) is 0. The summed E-state index contributed by atoms with van der Waals surface area (Å²) in [6.07, 6.45) is 4.54. The zero-order valence-electron chi connectivity index (χ0n) is 14.6. The molecule has 2 aromatic heterocycles. The molecule has 0 atom stereocenters. The summed E-state index contributed by atoms with van der Waals surface area (Å²) in [7, 11) is 0. The fraction of sp³-hybridized carbons (Fsp3) is 0. The van der Waals surface area contributed by atoms with Crippen LogP contribution in [0.2, 0.25) is 0 Å². The van der Waals surface area contributed by atoms with Crippen molar-refractivity contribution in [1.82, 2.24) is 19.7 Å². The van der Waals surface area contributed by atoms with Gasteiger partial charge in [-0.25, -0.2) is 9.67 Å². The first-order valence-corrected chi connectivity index (χ1v) is 8.39. The van der Waals surface area contributed by atoms with Gasteiger partial charge in [0.25, 0.3) is 11.9 Å². The Balaban J connectivity index is 1.45. The molecule has 2 aromatic carbocycles. The molecule has 2 N–H and O–H groups in total. The van der Waals surface area contributed by atoms with Gasteiger partial charge in [-0.15, -0.1) is 0 Å². The monoisotopic (exact) mass is 373 g/mol. The van der Waals surface area contributed by atoms with Crippen molar-refractivity contribution in [3.8, 4) is 23.3 Å². The molecule has 0 aliphatic heterocycles. The van der Waals surface area contributed by atoms with E-state index >= 15 is 0 Å². The number of aromatic hydroxyl groups is 1. The van der Waals surface area contributed by atoms with Crippen LogP contribution in [-0.4, -0.2) is 30.8 Å². The minimum Gasteiger partial charge on any atom is -0.492 e. The molecule has 0 saturated carbocycles. The van der Waals surface area contributed by atoms with Crippen molar-refractivity contribution in [2.45, 2.75) is 0 Å². The molecule has 0 unspecified atom stereocenters. The SMILES string of the molecule is O=C(Nc1cnc(-n2cccn2)nc1O)c1ccc(Oc2ccccc2)cc1. The number of aromatic nitrogens is 4. The molecule has 0 aliphatic carbocycles. The second-order valence-electron chi connectivity index (χ2n) is 5.75. The normalized spacial score (nSPS) is 10.4. The smallest absolute Gasteiger partial charge is 0.255 e. The summed E-state index contributed by atoms with van der Waals surface area (Å²) < 4.78 is 7.10. The second kappa shape index (κ2) is 7.58. The molecule has 0 saturated heterocycles. The number of nitrogens with one attached hydrogen (secondary N) is 1. The quantitative estimate of drug-likeness (QED) is 0.556. The molecule has 2 heterocycles. The molecular formula is C20H15N5O3. The average molecular weight is 373 g/mol. The topological polar surface area (TPSA) is 102 Å². The zero-order valence-corrected chi connectivity index (χ0v) is 14.6. The van der Waals surface area contributed by atoms with Gasteiger partial charge in [0.2, 0.25) is 5.88 Å². The highest BCUT2D eigenvalue weighted by atomic mass is 16.5. The van der Waals surface area contributed by atoms with Gasteiger partial charge in [0.15, 0.2) is 0 Å². The molecule has 4 aromatic rings. The van der Waals surface area contributed by atoms with E-state index in [1.807, 2.05) is 30.3 Å². The van der Waals surface area contributed by atoms with Crippen LogP contribution in [0.3, 0.4) is 0 Å². The van der Waals surface area contributed by atoms with E-state index in [4.69, 9.17) is 4.74 Å². The third-order valence-corrected chi connectivity index (χ3v) is 3.81. The lowest BCUT2D eigenvalue weighted by Crippen LogP contribution is -2.13. The Bertz CT molecular complexity index is 1080. The minimum absolute atomic E-state index is 0.102. The number of hydrogen-bond acceptors (Lipinski definition) is 6. The minimum atomic E-state index is -0.406. The van der Waals surface area contributed by atoms with Crippen LogP contribution in [0.15, 0.2) is 79.3 Å². The van der Waals surface area contributed by atoms with E-state index in [-0.39, 0.29) is 17.5 Å². The standard InChI is InChI=1S/C20H15N5O3/c26-18(14-7-9-16(10-8-14)28-15-5-2-1-3-6-15)23-17-13-21-20(24-19(17)27)25-12-4-11-22-25/h1-13H,(H,23,26)(H,21,24,27). The summed E-state index contributed by atoms with van der Waals surface area (Å²) in [4.78, 5) is 20.4. The predicted octanol–water partition coefficient (Wildman–Crippen LogP) is 3.41. The van der Waals surface area contributed by atoms with Gasteiger partial charge in [-0.3, -0.25) is 4.79 Å². The number of carbonyl (C=O) groups excluding carboxylic acids is 1. The van der Waals surface area contributed by atoms with Crippen molar-refractivity contribution in [3.63, 3.8) is 0 Å². The van der Waals surface area contributed by atoms with E-state index in [0.29, 0.717) is 17.1 Å². The van der Waals surface area contributed by atoms with Crippen LogP contribution in [-0.2, 0) is 0 Å². The Morgan fingerprint density at radius 3 is 2.43 bits per heavy atom. The Morgan fingerprint density at radius 2 is 1.75 bits per heavy atom. The lowest BCUT2D eigenvalue weighted by Gasteiger charge is -2.09. The van der Waals surface area contributed by atoms with E-state index in [1.54, 1.807) is 42.7 Å². The number of carbonyl (C=O) groups is 1. The second-order valence-corrected chi connectivity index (χ2v) is 5.75. The summed E-state index contributed by atoms with van der Waals surface area (Å²) >= 11 is 0. The summed E-state index contributed by atoms with van der Waals surface area (Å²) in [5, 5.41) is 16.6. The van der Waals surface area contributed by atoms with Crippen LogP contribution in [0.4, 0.5) is 5.69 Å². The van der Waals surface area contributed by atoms with E-state index in [0.717, 1.165) is 0 Å². The average Bonchev–Trinajstić information content (AvgIpc) is 3.26. The molecule has 1 amide bonds. The van der Waals surface area contributed by atoms with Gasteiger partial charge in [0, 0.05) is 18.0 Å². The summed E-state index contributed by atoms with van der Waals surface area (Å²) in [5.41, 5.74) is 0.501. The van der Waals surface area contributed by atoms with Gasteiger partial charge >= 0.3 is 0 Å². The largest absolute Gasteiger partial charge is 0.492 e. The number of hydrogen-bond donors (Lipinski definition) is 2. The molecule has 28 heavy (non-hydrogen) atoms. The number of para-hydroxylation sites is 1. The van der Waals surface area contributed by atoms with E-state index in [9.17, 15) is 9.90 Å². The fourth-order valence-electron chi connectivity index (χ4n) is 2.44. The molecule has 0 radical (unpaired) electrons. The van der Waals surface area contributed by atoms with Gasteiger partial charge in [-0.05, 0) is 42.5 Å². The van der Waals surface area contributed by atoms with Crippen molar-refractivity contribution in [1.29, 1.82) is 0 Å². The van der Waals surface area contributed by atoms with Crippen LogP contribution in [0.25, 0.3) is 5.95 Å². The molecular weight excluding hydrogens is 358 g/mol. The van der Waals surface area contributed by atoms with E-state index in [2.05, 4.69) is 20.4 Å². The van der Waals surface area contributed by atoms with Crippen LogP contribution in [0.5, 0.6) is 17.4 Å². The number of nitrogens with zero attached hydrogens (tertiary/aromatic N) is 4. The first-order chi connectivity index (χ1) is 13.7. The number of benzene rings is 2. The van der Waals surface area contributed by atoms with Crippen molar-refractivity contribution in [2.24, 2.45) is 0 Å². The van der Waals surface area contributed by atoms with E-state index < -0.39 is 5.91 Å². The van der Waals surface area contributed by atoms with Gasteiger partial charge in [0.05, 0.1) is 6.20 Å². The molecule has 0 bridgehead atoms. The highest BCUT2D eigenvalue weighted by Crippen LogP contribution is 2.23. The van der Waals surface area contributed by atoms with Crippen LogP contribution >= 0.6 is 0 Å². The first kappa shape index (κ1) is 17.2. The zero-order chi connectivity index (χ0) is 19.3. The van der Waals surface area contributed by atoms with Crippen molar-refractivity contribution >= 4 is 11.6 Å². The molecule has 8 nitrogen and oxygen atoms in total. The lowest BCUT2D eigenvalue weighted by molar-refractivity contribution is 0.102. The Hall–Kier alpha value is -4.20. The van der Waals surface area contributed by atoms with Gasteiger partial charge in [-0.1, -0.05) is 18.2 Å². The third-order valence-electron chi connectivity index (χ3n) is 3.81. The van der Waals surface area contributed by atoms with Gasteiger partial charge in [0.1, 0.15) is 17.2 Å². The maximum Gasteiger partial charge on any atom is 0.255 e. The number of rotatable bonds is 5. The van der Waals surface area contributed by atoms with Crippen LogP contribution in [0.1, 0.15) is 10.4 Å². The van der Waals surface area contributed by atoms with Crippen molar-refractivity contribution in [3.05, 3.63) is 84.8 Å². The van der Waals surface area contributed by atoms with Crippen LogP contribution < -0.4 is 10.1 Å². The van der Waals surface area contributed by atoms with Gasteiger partial charge in [-0.2, -0.15) is 10.1 Å². The Kier molecular flexibility index (Phi) is 4.67. The fourth-order valence-corrected chi connectivity index (χ4v) is 2.44. The number of amides is 1. The van der Waals surface area contributed by atoms with Crippen molar-refractivity contribution in [2.75, 3.05) is 5.32 Å². The Labute approximate surface area is 160 Å². The molecule has 138 valence electrons. The maximum atomic E-state index is 12.4. The molecule has 4 rings (SSSR count). The highest BCUT2D eigenvalue weighted by Gasteiger charge is 2.12. The highest BCUT2D eigenvalue weighted by molar-refractivity contribution is 6.04. The Morgan fingerprint density at radius 1 is 1.00 bits per heavy atom. The molecule has 8 heteroatoms. The maximum absolute atomic E-state index is 12.4. The summed E-state index contributed by atoms with van der Waals surface area (Å²) in [5.74, 6) is 0.759.